The van der Waals surface area contributed by atoms with Crippen LogP contribution in [0.5, 0.6) is 0 Å². The van der Waals surface area contributed by atoms with Crippen LogP contribution in [0.4, 0.5) is 0 Å². The van der Waals surface area contributed by atoms with Crippen LogP contribution in [-0.4, -0.2) is 14.8 Å². The van der Waals surface area contributed by atoms with E-state index in [-0.39, 0.29) is 0 Å². The fourth-order valence-electron chi connectivity index (χ4n) is 1.31. The predicted octanol–water partition coefficient (Wildman–Crippen LogP) is 1.68. The van der Waals surface area contributed by atoms with Crippen molar-refractivity contribution in [2.24, 2.45) is 0 Å². The summed E-state index contributed by atoms with van der Waals surface area (Å²) in [5.74, 6) is 0. The molecule has 0 amide bonds. The van der Waals surface area contributed by atoms with Gasteiger partial charge in [0.2, 0.25) is 0 Å². The standard InChI is InChI=1S/C9H11N3/c1-2-5-8-9-6-3-4-7-12(9)11-10-8/h3-4,6-7H,2,5H2,1H3. The van der Waals surface area contributed by atoms with E-state index in [1.54, 1.807) is 0 Å². The minimum Gasteiger partial charge on any atom is -0.220 e. The number of rotatable bonds is 2. The van der Waals surface area contributed by atoms with Gasteiger partial charge in [-0.2, -0.15) is 0 Å². The summed E-state index contributed by atoms with van der Waals surface area (Å²) in [7, 11) is 0. The van der Waals surface area contributed by atoms with Crippen molar-refractivity contribution in [3.63, 3.8) is 0 Å². The molecule has 62 valence electrons. The Morgan fingerprint density at radius 1 is 1.42 bits per heavy atom. The summed E-state index contributed by atoms with van der Waals surface area (Å²) in [6, 6.07) is 6.01. The Morgan fingerprint density at radius 3 is 3.17 bits per heavy atom. The molecule has 0 aromatic carbocycles. The normalized spacial score (nSPS) is 10.8. The van der Waals surface area contributed by atoms with E-state index < -0.39 is 0 Å². The minimum absolute atomic E-state index is 1.01. The first-order valence-electron chi connectivity index (χ1n) is 4.20. The minimum atomic E-state index is 1.01. The molecule has 2 heterocycles. The highest BCUT2D eigenvalue weighted by Crippen LogP contribution is 2.08. The van der Waals surface area contributed by atoms with E-state index in [9.17, 15) is 0 Å². The molecule has 0 aliphatic carbocycles. The van der Waals surface area contributed by atoms with E-state index >= 15 is 0 Å². The van der Waals surface area contributed by atoms with Crippen LogP contribution in [0.25, 0.3) is 5.52 Å². The number of pyridine rings is 1. The molecule has 0 fully saturated rings. The van der Waals surface area contributed by atoms with E-state index in [1.165, 1.54) is 0 Å². The zero-order chi connectivity index (χ0) is 8.39. The van der Waals surface area contributed by atoms with Crippen molar-refractivity contribution in [1.29, 1.82) is 0 Å². The van der Waals surface area contributed by atoms with Crippen LogP contribution in [0.2, 0.25) is 0 Å². The Bertz CT molecular complexity index is 378. The van der Waals surface area contributed by atoms with Crippen molar-refractivity contribution in [2.45, 2.75) is 19.8 Å². The molecule has 0 saturated heterocycles. The molecule has 3 nitrogen and oxygen atoms in total. The molecule has 0 N–H and O–H groups in total. The molecule has 2 aromatic rings. The van der Waals surface area contributed by atoms with Crippen LogP contribution >= 0.6 is 0 Å². The zero-order valence-corrected chi connectivity index (χ0v) is 7.07. The molecule has 0 radical (unpaired) electrons. The van der Waals surface area contributed by atoms with Gasteiger partial charge in [0.05, 0.1) is 11.2 Å². The van der Waals surface area contributed by atoms with Crippen molar-refractivity contribution >= 4 is 5.52 Å². The van der Waals surface area contributed by atoms with Crippen molar-refractivity contribution in [3.05, 3.63) is 30.1 Å². The second-order valence-electron chi connectivity index (χ2n) is 2.82. The summed E-state index contributed by atoms with van der Waals surface area (Å²) < 4.78 is 1.81. The van der Waals surface area contributed by atoms with E-state index in [2.05, 4.69) is 17.2 Å². The maximum Gasteiger partial charge on any atom is 0.0905 e. The third-order valence-electron chi connectivity index (χ3n) is 1.88. The molecule has 0 spiro atoms. The highest BCUT2D eigenvalue weighted by Gasteiger charge is 2.02. The van der Waals surface area contributed by atoms with E-state index in [0.29, 0.717) is 0 Å². The van der Waals surface area contributed by atoms with Gasteiger partial charge >= 0.3 is 0 Å². The molecule has 0 bridgehead atoms. The zero-order valence-electron chi connectivity index (χ0n) is 7.07. The first-order chi connectivity index (χ1) is 5.92. The number of fused-ring (bicyclic) bond motifs is 1. The summed E-state index contributed by atoms with van der Waals surface area (Å²) in [4.78, 5) is 0. The van der Waals surface area contributed by atoms with Gasteiger partial charge in [0.1, 0.15) is 0 Å². The summed E-state index contributed by atoms with van der Waals surface area (Å²) >= 11 is 0. The lowest BCUT2D eigenvalue weighted by Crippen LogP contribution is -1.85. The van der Waals surface area contributed by atoms with Gasteiger partial charge in [0.15, 0.2) is 0 Å². The summed E-state index contributed by atoms with van der Waals surface area (Å²) in [6.07, 6.45) is 4.04. The van der Waals surface area contributed by atoms with Crippen molar-refractivity contribution in [1.82, 2.24) is 14.8 Å². The quantitative estimate of drug-likeness (QED) is 0.670. The third-order valence-corrected chi connectivity index (χ3v) is 1.88. The van der Waals surface area contributed by atoms with E-state index in [1.807, 2.05) is 28.9 Å². The lowest BCUT2D eigenvalue weighted by atomic mass is 10.2. The fourth-order valence-corrected chi connectivity index (χ4v) is 1.31. The highest BCUT2D eigenvalue weighted by molar-refractivity contribution is 5.49. The monoisotopic (exact) mass is 161 g/mol. The molecule has 0 saturated carbocycles. The first kappa shape index (κ1) is 7.28. The molecule has 2 rings (SSSR count). The molecular weight excluding hydrogens is 150 g/mol. The number of aryl methyl sites for hydroxylation is 1. The van der Waals surface area contributed by atoms with E-state index in [4.69, 9.17) is 0 Å². The highest BCUT2D eigenvalue weighted by atomic mass is 15.4. The Morgan fingerprint density at radius 2 is 2.33 bits per heavy atom. The predicted molar refractivity (Wildman–Crippen MR) is 47.0 cm³/mol. The molecule has 3 heteroatoms. The smallest absolute Gasteiger partial charge is 0.0905 e. The molecule has 0 aliphatic rings. The van der Waals surface area contributed by atoms with E-state index in [0.717, 1.165) is 24.1 Å². The van der Waals surface area contributed by atoms with Crippen molar-refractivity contribution in [2.75, 3.05) is 0 Å². The van der Waals surface area contributed by atoms with Crippen LogP contribution in [0.15, 0.2) is 24.4 Å². The van der Waals surface area contributed by atoms with Crippen LogP contribution in [0.1, 0.15) is 19.0 Å². The topological polar surface area (TPSA) is 30.2 Å². The lowest BCUT2D eigenvalue weighted by Gasteiger charge is -1.91. The van der Waals surface area contributed by atoms with Gasteiger partial charge in [-0.25, -0.2) is 4.52 Å². The summed E-state index contributed by atoms with van der Waals surface area (Å²) in [5, 5.41) is 8.10. The summed E-state index contributed by atoms with van der Waals surface area (Å²) in [5.41, 5.74) is 2.22. The molecule has 2 aromatic heterocycles. The number of nitrogens with zero attached hydrogens (tertiary/aromatic N) is 3. The molecular formula is C9H11N3. The van der Waals surface area contributed by atoms with Gasteiger partial charge in [-0.1, -0.05) is 24.6 Å². The van der Waals surface area contributed by atoms with Crippen LogP contribution < -0.4 is 0 Å². The van der Waals surface area contributed by atoms with Gasteiger partial charge < -0.3 is 0 Å². The number of hydrogen-bond donors (Lipinski definition) is 0. The average Bonchev–Trinajstić information content (AvgIpc) is 2.50. The molecule has 0 aliphatic heterocycles. The molecule has 0 unspecified atom stereocenters. The van der Waals surface area contributed by atoms with Gasteiger partial charge in [0, 0.05) is 6.20 Å². The third kappa shape index (κ3) is 1.07. The first-order valence-corrected chi connectivity index (χ1v) is 4.20. The number of hydrogen-bond acceptors (Lipinski definition) is 2. The van der Waals surface area contributed by atoms with Crippen molar-refractivity contribution in [3.8, 4) is 0 Å². The molecule has 0 atom stereocenters. The van der Waals surface area contributed by atoms with Crippen LogP contribution in [0.3, 0.4) is 0 Å². The Labute approximate surface area is 71.0 Å². The second-order valence-corrected chi connectivity index (χ2v) is 2.82. The fraction of sp³-hybridized carbons (Fsp3) is 0.333. The summed E-state index contributed by atoms with van der Waals surface area (Å²) in [6.45, 7) is 2.15. The maximum absolute atomic E-state index is 4.10. The molecule has 12 heavy (non-hydrogen) atoms. The maximum atomic E-state index is 4.10. The Kier molecular flexibility index (Phi) is 1.78. The van der Waals surface area contributed by atoms with Gasteiger partial charge in [-0.3, -0.25) is 0 Å². The Hall–Kier alpha value is -1.38. The van der Waals surface area contributed by atoms with Gasteiger partial charge in [-0.15, -0.1) is 5.10 Å². The Balaban J connectivity index is 2.55. The SMILES string of the molecule is CCCc1nnn2ccccc12. The number of aromatic nitrogens is 3. The average molecular weight is 161 g/mol. The van der Waals surface area contributed by atoms with Crippen molar-refractivity contribution < 1.29 is 0 Å². The van der Waals surface area contributed by atoms with Gasteiger partial charge in [0.25, 0.3) is 0 Å². The van der Waals surface area contributed by atoms with Crippen LogP contribution in [-0.2, 0) is 6.42 Å². The van der Waals surface area contributed by atoms with Gasteiger partial charge in [-0.05, 0) is 18.6 Å². The second kappa shape index (κ2) is 2.93. The lowest BCUT2D eigenvalue weighted by molar-refractivity contribution is 0.821. The van der Waals surface area contributed by atoms with Crippen LogP contribution in [0, 0.1) is 0 Å². The largest absolute Gasteiger partial charge is 0.220 e.